The Labute approximate surface area is 206 Å². The quantitative estimate of drug-likeness (QED) is 0.112. The van der Waals surface area contributed by atoms with E-state index in [1.807, 2.05) is 12.1 Å². The third-order valence-electron chi connectivity index (χ3n) is 3.95. The molecule has 0 atom stereocenters. The fourth-order valence-corrected chi connectivity index (χ4v) is 3.34. The molecule has 0 heterocycles. The van der Waals surface area contributed by atoms with E-state index in [0.717, 1.165) is 3.57 Å². The Bertz CT molecular complexity index is 1200. The van der Waals surface area contributed by atoms with Crippen molar-refractivity contribution in [2.75, 3.05) is 5.32 Å². The van der Waals surface area contributed by atoms with E-state index in [0.29, 0.717) is 21.9 Å². The van der Waals surface area contributed by atoms with Crippen LogP contribution in [-0.2, 0) is 9.59 Å². The number of esters is 1. The maximum absolute atomic E-state index is 12.2. The lowest BCUT2D eigenvalue weighted by Gasteiger charge is -2.06. The van der Waals surface area contributed by atoms with Crippen molar-refractivity contribution >= 4 is 75.5 Å². The van der Waals surface area contributed by atoms with Crippen LogP contribution in [0.25, 0.3) is 0 Å². The number of benzene rings is 3. The molecule has 0 fully saturated rings. The minimum atomic E-state index is -0.986. The van der Waals surface area contributed by atoms with E-state index in [4.69, 9.17) is 27.9 Å². The standard InChI is InChI=1S/C22H14Cl2IN3O4/c23-14-7-10-17(24)19(11-14)27-20(29)21(30)28-26-12-13-5-8-15(9-6-13)32-22(31)16-3-1-2-4-18(16)25/h1-12H,(H,27,29)(H,28,30)/b26-12+. The number of carbonyl (C=O) groups excluding carboxylic acids is 3. The number of anilines is 1. The molecule has 2 N–H and O–H groups in total. The molecule has 0 bridgehead atoms. The van der Waals surface area contributed by atoms with E-state index in [-0.39, 0.29) is 10.7 Å². The van der Waals surface area contributed by atoms with Crippen molar-refractivity contribution in [3.63, 3.8) is 0 Å². The van der Waals surface area contributed by atoms with E-state index < -0.39 is 17.8 Å². The Kier molecular flexibility index (Phi) is 8.20. The highest BCUT2D eigenvalue weighted by molar-refractivity contribution is 14.1. The summed E-state index contributed by atoms with van der Waals surface area (Å²) in [5.74, 6) is -2.05. The highest BCUT2D eigenvalue weighted by Gasteiger charge is 2.15. The van der Waals surface area contributed by atoms with E-state index in [1.54, 1.807) is 42.5 Å². The number of nitrogens with one attached hydrogen (secondary N) is 2. The molecule has 0 spiro atoms. The topological polar surface area (TPSA) is 96.9 Å². The molecule has 0 saturated heterocycles. The van der Waals surface area contributed by atoms with Gasteiger partial charge in [-0.2, -0.15) is 5.10 Å². The first-order valence-corrected chi connectivity index (χ1v) is 10.8. The zero-order valence-electron chi connectivity index (χ0n) is 16.1. The van der Waals surface area contributed by atoms with Gasteiger partial charge in [-0.05, 0) is 82.8 Å². The monoisotopic (exact) mass is 581 g/mol. The number of hydrazone groups is 1. The summed E-state index contributed by atoms with van der Waals surface area (Å²) in [6.45, 7) is 0. The summed E-state index contributed by atoms with van der Waals surface area (Å²) in [7, 11) is 0. The molecular formula is C22H14Cl2IN3O4. The summed E-state index contributed by atoms with van der Waals surface area (Å²) >= 11 is 13.9. The molecular weight excluding hydrogens is 568 g/mol. The Morgan fingerprint density at radius 2 is 1.66 bits per heavy atom. The van der Waals surface area contributed by atoms with Crippen molar-refractivity contribution in [1.82, 2.24) is 5.43 Å². The second-order valence-corrected chi connectivity index (χ2v) is 8.22. The van der Waals surface area contributed by atoms with Gasteiger partial charge in [0.1, 0.15) is 5.75 Å². The average Bonchev–Trinajstić information content (AvgIpc) is 2.77. The van der Waals surface area contributed by atoms with Crippen molar-refractivity contribution in [3.05, 3.63) is 91.5 Å². The molecule has 10 heteroatoms. The Morgan fingerprint density at radius 3 is 2.38 bits per heavy atom. The summed E-state index contributed by atoms with van der Waals surface area (Å²) in [5.41, 5.74) is 3.40. The molecule has 162 valence electrons. The minimum Gasteiger partial charge on any atom is -0.423 e. The van der Waals surface area contributed by atoms with Gasteiger partial charge in [-0.1, -0.05) is 35.3 Å². The summed E-state index contributed by atoms with van der Waals surface area (Å²) in [5, 5.41) is 6.69. The molecule has 0 aliphatic rings. The number of hydrogen-bond donors (Lipinski definition) is 2. The first-order valence-electron chi connectivity index (χ1n) is 8.99. The van der Waals surface area contributed by atoms with Crippen molar-refractivity contribution in [2.24, 2.45) is 5.10 Å². The second-order valence-electron chi connectivity index (χ2n) is 6.22. The summed E-state index contributed by atoms with van der Waals surface area (Å²) in [4.78, 5) is 36.1. The van der Waals surface area contributed by atoms with Gasteiger partial charge in [0.05, 0.1) is 22.5 Å². The van der Waals surface area contributed by atoms with Crippen LogP contribution in [0, 0.1) is 3.57 Å². The van der Waals surface area contributed by atoms with Crippen molar-refractivity contribution in [3.8, 4) is 5.75 Å². The van der Waals surface area contributed by atoms with Crippen LogP contribution in [0.1, 0.15) is 15.9 Å². The van der Waals surface area contributed by atoms with Crippen molar-refractivity contribution in [2.45, 2.75) is 0 Å². The van der Waals surface area contributed by atoms with Crippen LogP contribution in [0.2, 0.25) is 10.0 Å². The fourth-order valence-electron chi connectivity index (χ4n) is 2.40. The SMILES string of the molecule is O=C(N/N=C/c1ccc(OC(=O)c2ccccc2I)cc1)C(=O)Nc1cc(Cl)ccc1Cl. The predicted octanol–water partition coefficient (Wildman–Crippen LogP) is 4.91. The van der Waals surface area contributed by atoms with Crippen LogP contribution in [-0.4, -0.2) is 24.0 Å². The number of nitrogens with zero attached hydrogens (tertiary/aromatic N) is 1. The Balaban J connectivity index is 1.53. The summed E-state index contributed by atoms with van der Waals surface area (Å²) in [6, 6.07) is 18.0. The van der Waals surface area contributed by atoms with Gasteiger partial charge in [0.2, 0.25) is 0 Å². The van der Waals surface area contributed by atoms with E-state index in [1.165, 1.54) is 18.3 Å². The van der Waals surface area contributed by atoms with Crippen LogP contribution in [0.3, 0.4) is 0 Å². The van der Waals surface area contributed by atoms with Crippen molar-refractivity contribution < 1.29 is 19.1 Å². The molecule has 0 radical (unpaired) electrons. The second kappa shape index (κ2) is 11.1. The third kappa shape index (κ3) is 6.52. The Morgan fingerprint density at radius 1 is 0.938 bits per heavy atom. The summed E-state index contributed by atoms with van der Waals surface area (Å²) in [6.07, 6.45) is 1.34. The molecule has 7 nitrogen and oxygen atoms in total. The number of rotatable bonds is 5. The average molecular weight is 582 g/mol. The third-order valence-corrected chi connectivity index (χ3v) is 5.45. The van der Waals surface area contributed by atoms with E-state index >= 15 is 0 Å². The number of amides is 2. The number of hydrogen-bond acceptors (Lipinski definition) is 5. The molecule has 0 aliphatic heterocycles. The van der Waals surface area contributed by atoms with Gasteiger partial charge in [0.15, 0.2) is 0 Å². The lowest BCUT2D eigenvalue weighted by Crippen LogP contribution is -2.32. The number of halogens is 3. The minimum absolute atomic E-state index is 0.207. The van der Waals surface area contributed by atoms with Gasteiger partial charge < -0.3 is 10.1 Å². The first kappa shape index (κ1) is 23.7. The zero-order chi connectivity index (χ0) is 23.1. The maximum Gasteiger partial charge on any atom is 0.344 e. The lowest BCUT2D eigenvalue weighted by atomic mass is 10.2. The molecule has 2 amide bonds. The van der Waals surface area contributed by atoms with Crippen molar-refractivity contribution in [1.29, 1.82) is 0 Å². The van der Waals surface area contributed by atoms with Crippen LogP contribution in [0.15, 0.2) is 71.8 Å². The predicted molar refractivity (Wildman–Crippen MR) is 131 cm³/mol. The molecule has 32 heavy (non-hydrogen) atoms. The van der Waals surface area contributed by atoms with Gasteiger partial charge in [0.25, 0.3) is 0 Å². The molecule has 3 aromatic rings. The number of carbonyl (C=O) groups is 3. The molecule has 0 aromatic heterocycles. The van der Waals surface area contributed by atoms with E-state index in [2.05, 4.69) is 38.4 Å². The van der Waals surface area contributed by atoms with Crippen LogP contribution in [0.5, 0.6) is 5.75 Å². The summed E-state index contributed by atoms with van der Waals surface area (Å²) < 4.78 is 6.14. The molecule has 0 aliphatic carbocycles. The fraction of sp³-hybridized carbons (Fsp3) is 0. The largest absolute Gasteiger partial charge is 0.423 e. The normalized spacial score (nSPS) is 10.6. The van der Waals surface area contributed by atoms with Gasteiger partial charge in [-0.25, -0.2) is 10.2 Å². The highest BCUT2D eigenvalue weighted by Crippen LogP contribution is 2.25. The first-order chi connectivity index (χ1) is 15.3. The van der Waals surface area contributed by atoms with Crippen LogP contribution in [0.4, 0.5) is 5.69 Å². The highest BCUT2D eigenvalue weighted by atomic mass is 127. The van der Waals surface area contributed by atoms with Gasteiger partial charge >= 0.3 is 17.8 Å². The van der Waals surface area contributed by atoms with Gasteiger partial charge in [0, 0.05) is 8.59 Å². The lowest BCUT2D eigenvalue weighted by molar-refractivity contribution is -0.136. The van der Waals surface area contributed by atoms with Gasteiger partial charge in [-0.3, -0.25) is 9.59 Å². The molecule has 3 aromatic carbocycles. The number of ether oxygens (including phenoxy) is 1. The molecule has 3 rings (SSSR count). The maximum atomic E-state index is 12.2. The smallest absolute Gasteiger partial charge is 0.344 e. The van der Waals surface area contributed by atoms with E-state index in [9.17, 15) is 14.4 Å². The van der Waals surface area contributed by atoms with Crippen LogP contribution < -0.4 is 15.5 Å². The van der Waals surface area contributed by atoms with Gasteiger partial charge in [-0.15, -0.1) is 0 Å². The molecule has 0 unspecified atom stereocenters. The Hall–Kier alpha value is -2.95. The zero-order valence-corrected chi connectivity index (χ0v) is 19.8. The van der Waals surface area contributed by atoms with Crippen LogP contribution >= 0.6 is 45.8 Å². The molecule has 0 saturated carbocycles.